The number of ether oxygens (including phenoxy) is 1. The molecule has 23 heavy (non-hydrogen) atoms. The number of hydrogen-bond acceptors (Lipinski definition) is 2. The molecule has 4 heteroatoms. The predicted molar refractivity (Wildman–Crippen MR) is 95.0 cm³/mol. The van der Waals surface area contributed by atoms with Gasteiger partial charge in [0.1, 0.15) is 5.75 Å². The van der Waals surface area contributed by atoms with E-state index >= 15 is 0 Å². The second-order valence-corrected chi connectivity index (χ2v) is 7.44. The van der Waals surface area contributed by atoms with Gasteiger partial charge >= 0.3 is 5.97 Å². The molecule has 0 heterocycles. The van der Waals surface area contributed by atoms with Crippen molar-refractivity contribution in [2.45, 2.75) is 38.7 Å². The number of carboxylic acids is 1. The van der Waals surface area contributed by atoms with Crippen LogP contribution in [0.1, 0.15) is 31.9 Å². The Morgan fingerprint density at radius 2 is 1.74 bits per heavy atom. The zero-order chi connectivity index (χ0) is 17.0. The van der Waals surface area contributed by atoms with Crippen molar-refractivity contribution in [2.24, 2.45) is 0 Å². The zero-order valence-electron chi connectivity index (χ0n) is 13.5. The molecule has 0 fully saturated rings. The lowest BCUT2D eigenvalue weighted by molar-refractivity contribution is -0.145. The largest absolute Gasteiger partial charge is 0.478 e. The van der Waals surface area contributed by atoms with Crippen LogP contribution in [0.2, 0.25) is 0 Å². The average molecular weight is 377 g/mol. The molecule has 2 aromatic carbocycles. The summed E-state index contributed by atoms with van der Waals surface area (Å²) >= 11 is 3.38. The van der Waals surface area contributed by atoms with E-state index in [0.29, 0.717) is 12.2 Å². The van der Waals surface area contributed by atoms with E-state index in [-0.39, 0.29) is 5.41 Å². The van der Waals surface area contributed by atoms with Crippen molar-refractivity contribution in [2.75, 3.05) is 0 Å². The van der Waals surface area contributed by atoms with Crippen LogP contribution < -0.4 is 4.74 Å². The van der Waals surface area contributed by atoms with E-state index in [0.717, 1.165) is 15.6 Å². The number of carbonyl (C=O) groups is 1. The summed E-state index contributed by atoms with van der Waals surface area (Å²) in [7, 11) is 0. The summed E-state index contributed by atoms with van der Waals surface area (Å²) in [5, 5.41) is 9.51. The number of carboxylic acid groups (broad SMARTS) is 1. The van der Waals surface area contributed by atoms with E-state index in [1.54, 1.807) is 0 Å². The summed E-state index contributed by atoms with van der Waals surface area (Å²) in [4.78, 5) is 11.6. The van der Waals surface area contributed by atoms with E-state index in [9.17, 15) is 9.90 Å². The number of halogens is 1. The van der Waals surface area contributed by atoms with Crippen LogP contribution in [-0.4, -0.2) is 17.2 Å². The highest BCUT2D eigenvalue weighted by atomic mass is 79.9. The fourth-order valence-corrected chi connectivity index (χ4v) is 2.62. The van der Waals surface area contributed by atoms with Gasteiger partial charge in [-0.25, -0.2) is 4.79 Å². The minimum absolute atomic E-state index is 0.114. The maximum Gasteiger partial charge on any atom is 0.345 e. The average Bonchev–Trinajstić information content (AvgIpc) is 2.48. The molecule has 1 atom stereocenters. The predicted octanol–water partition coefficient (Wildman–Crippen LogP) is 4.82. The Balaban J connectivity index is 2.24. The number of rotatable bonds is 5. The number of para-hydroxylation sites is 1. The molecule has 0 aliphatic heterocycles. The molecule has 0 aromatic heterocycles. The van der Waals surface area contributed by atoms with Crippen LogP contribution in [0.25, 0.3) is 0 Å². The quantitative estimate of drug-likeness (QED) is 0.813. The highest BCUT2D eigenvalue weighted by Crippen LogP contribution is 2.32. The third kappa shape index (κ3) is 4.83. The van der Waals surface area contributed by atoms with Gasteiger partial charge in [0.2, 0.25) is 0 Å². The summed E-state index contributed by atoms with van der Waals surface area (Å²) in [6.45, 7) is 6.25. The molecule has 0 saturated carbocycles. The fourth-order valence-electron chi connectivity index (χ4n) is 2.36. The summed E-state index contributed by atoms with van der Waals surface area (Å²) in [6.07, 6.45) is -0.596. The molecule has 0 aliphatic carbocycles. The van der Waals surface area contributed by atoms with Crippen LogP contribution in [0.15, 0.2) is 53.0 Å². The van der Waals surface area contributed by atoms with Gasteiger partial charge in [-0.2, -0.15) is 0 Å². The zero-order valence-corrected chi connectivity index (χ0v) is 15.1. The third-order valence-electron chi connectivity index (χ3n) is 3.57. The molecule has 0 amide bonds. The van der Waals surface area contributed by atoms with Crippen LogP contribution in [-0.2, 0) is 16.6 Å². The smallest absolute Gasteiger partial charge is 0.345 e. The van der Waals surface area contributed by atoms with Gasteiger partial charge < -0.3 is 9.84 Å². The lowest BCUT2D eigenvalue weighted by atomic mass is 9.86. The van der Waals surface area contributed by atoms with E-state index in [4.69, 9.17) is 4.74 Å². The van der Waals surface area contributed by atoms with Crippen molar-refractivity contribution >= 4 is 21.9 Å². The summed E-state index contributed by atoms with van der Waals surface area (Å²) < 4.78 is 6.82. The van der Waals surface area contributed by atoms with Crippen LogP contribution in [0.3, 0.4) is 0 Å². The van der Waals surface area contributed by atoms with Crippen molar-refractivity contribution in [1.82, 2.24) is 0 Å². The summed E-state index contributed by atoms with van der Waals surface area (Å²) in [5.41, 5.74) is 1.81. The van der Waals surface area contributed by atoms with E-state index in [1.807, 2.05) is 48.5 Å². The van der Waals surface area contributed by atoms with Crippen LogP contribution >= 0.6 is 15.9 Å². The van der Waals surface area contributed by atoms with E-state index in [1.165, 1.54) is 0 Å². The number of hydrogen-bond donors (Lipinski definition) is 1. The van der Waals surface area contributed by atoms with Crippen LogP contribution in [0.5, 0.6) is 5.75 Å². The molecule has 1 unspecified atom stereocenters. The van der Waals surface area contributed by atoms with Crippen molar-refractivity contribution < 1.29 is 14.6 Å². The Hall–Kier alpha value is -1.81. The first-order valence-electron chi connectivity index (χ1n) is 7.51. The normalized spacial score (nSPS) is 12.7. The first kappa shape index (κ1) is 17.5. The molecule has 3 nitrogen and oxygen atoms in total. The highest BCUT2D eigenvalue weighted by molar-refractivity contribution is 9.10. The van der Waals surface area contributed by atoms with Gasteiger partial charge in [-0.05, 0) is 34.7 Å². The monoisotopic (exact) mass is 376 g/mol. The summed E-state index contributed by atoms with van der Waals surface area (Å²) in [5.74, 6) is -0.332. The van der Waals surface area contributed by atoms with Gasteiger partial charge in [0.15, 0.2) is 6.10 Å². The van der Waals surface area contributed by atoms with Gasteiger partial charge in [-0.1, -0.05) is 67.0 Å². The standard InChI is InChI=1S/C19H21BrO3/c1-19(2,3)15-6-4-5-7-16(15)23-17(18(21)22)12-13-8-10-14(20)11-9-13/h4-11,17H,12H2,1-3H3,(H,21,22). The SMILES string of the molecule is CC(C)(C)c1ccccc1OC(Cc1ccc(Br)cc1)C(=O)O. The van der Waals surface area contributed by atoms with Gasteiger partial charge in [0.05, 0.1) is 0 Å². The van der Waals surface area contributed by atoms with Gasteiger partial charge in [-0.15, -0.1) is 0 Å². The van der Waals surface area contributed by atoms with Gasteiger partial charge in [0.25, 0.3) is 0 Å². The highest BCUT2D eigenvalue weighted by Gasteiger charge is 2.24. The Bertz CT molecular complexity index is 672. The second-order valence-electron chi connectivity index (χ2n) is 6.52. The molecule has 0 spiro atoms. The molecule has 2 aromatic rings. The minimum atomic E-state index is -0.961. The topological polar surface area (TPSA) is 46.5 Å². The summed E-state index contributed by atoms with van der Waals surface area (Å²) in [6, 6.07) is 15.2. The Kier molecular flexibility index (Phi) is 5.47. The molecule has 0 saturated heterocycles. The minimum Gasteiger partial charge on any atom is -0.478 e. The Morgan fingerprint density at radius 1 is 1.13 bits per heavy atom. The Labute approximate surface area is 145 Å². The first-order valence-corrected chi connectivity index (χ1v) is 8.30. The van der Waals surface area contributed by atoms with Gasteiger partial charge in [0, 0.05) is 10.9 Å². The fraction of sp³-hybridized carbons (Fsp3) is 0.316. The molecule has 1 N–H and O–H groups in total. The number of benzene rings is 2. The lowest BCUT2D eigenvalue weighted by Crippen LogP contribution is -2.30. The molecular formula is C19H21BrO3. The molecule has 122 valence electrons. The van der Waals surface area contributed by atoms with Crippen LogP contribution in [0, 0.1) is 0 Å². The molecule has 0 bridgehead atoms. The maximum absolute atomic E-state index is 11.6. The van der Waals surface area contributed by atoms with Crippen molar-refractivity contribution in [3.05, 3.63) is 64.1 Å². The number of aliphatic carboxylic acids is 1. The molecule has 0 radical (unpaired) electrons. The van der Waals surface area contributed by atoms with Gasteiger partial charge in [-0.3, -0.25) is 0 Å². The molecule has 2 rings (SSSR count). The van der Waals surface area contributed by atoms with E-state index < -0.39 is 12.1 Å². The van der Waals surface area contributed by atoms with Crippen molar-refractivity contribution in [3.8, 4) is 5.75 Å². The maximum atomic E-state index is 11.6. The second kappa shape index (κ2) is 7.18. The molecule has 0 aliphatic rings. The third-order valence-corrected chi connectivity index (χ3v) is 4.10. The Morgan fingerprint density at radius 3 is 2.30 bits per heavy atom. The van der Waals surface area contributed by atoms with Crippen molar-refractivity contribution in [3.63, 3.8) is 0 Å². The first-order chi connectivity index (χ1) is 10.8. The van der Waals surface area contributed by atoms with Crippen molar-refractivity contribution in [1.29, 1.82) is 0 Å². The van der Waals surface area contributed by atoms with E-state index in [2.05, 4.69) is 36.7 Å². The lowest BCUT2D eigenvalue weighted by Gasteiger charge is -2.24. The van der Waals surface area contributed by atoms with Crippen LogP contribution in [0.4, 0.5) is 0 Å². The molecular weight excluding hydrogens is 356 g/mol.